The minimum Gasteiger partial charge on any atom is -0.444 e. The van der Waals surface area contributed by atoms with Crippen molar-refractivity contribution in [2.45, 2.75) is 95.4 Å². The fourth-order valence-corrected chi connectivity index (χ4v) is 5.32. The Balaban J connectivity index is 1.54. The molecule has 0 bridgehead atoms. The minimum atomic E-state index is -1.15. The number of carbonyl (C=O) groups excluding carboxylic acids is 4. The molecule has 2 heterocycles. The molecular weight excluding hydrogens is 503 g/mol. The number of alkyl carbamates (subject to hydrolysis) is 1. The maximum absolute atomic E-state index is 13.6. The van der Waals surface area contributed by atoms with Gasteiger partial charge in [0, 0.05) is 18.2 Å². The highest BCUT2D eigenvalue weighted by Gasteiger charge is 2.60. The highest BCUT2D eigenvalue weighted by molar-refractivity contribution is 6.04. The van der Waals surface area contributed by atoms with Gasteiger partial charge in [0.25, 0.3) is 5.91 Å². The van der Waals surface area contributed by atoms with Crippen LogP contribution >= 0.6 is 0 Å². The number of carbonyl (C=O) groups is 4. The van der Waals surface area contributed by atoms with Crippen LogP contribution in [0.4, 0.5) is 14.9 Å². The first-order valence-electron chi connectivity index (χ1n) is 13.8. The number of hydrogen-bond acceptors (Lipinski definition) is 5. The second-order valence-corrected chi connectivity index (χ2v) is 11.7. The molecule has 4 rings (SSSR count). The molecular formula is C29H39FN4O5. The number of allylic oxidation sites excluding steroid dienone is 1. The van der Waals surface area contributed by atoms with Gasteiger partial charge >= 0.3 is 6.09 Å². The number of rotatable bonds is 3. The minimum absolute atomic E-state index is 0.181. The third kappa shape index (κ3) is 7.16. The summed E-state index contributed by atoms with van der Waals surface area (Å²) < 4.78 is 18.7. The third-order valence-corrected chi connectivity index (χ3v) is 7.43. The molecule has 10 heteroatoms. The summed E-state index contributed by atoms with van der Waals surface area (Å²) in [6.45, 7) is 5.66. The number of amides is 4. The van der Waals surface area contributed by atoms with Crippen LogP contribution in [0.25, 0.3) is 0 Å². The average molecular weight is 543 g/mol. The molecule has 0 radical (unpaired) electrons. The zero-order chi connectivity index (χ0) is 28.2. The summed E-state index contributed by atoms with van der Waals surface area (Å²) in [5.74, 6) is -1.67. The van der Waals surface area contributed by atoms with Crippen LogP contribution in [-0.4, -0.2) is 58.5 Å². The SMILES string of the molecule is CC(C)(C)OC(=O)NC1CCCCC/C=C\C2CC2(C(=O)Nc2ccc(F)cc2)NC(=O)C2CCCN2C1=O. The molecule has 3 N–H and O–H groups in total. The number of anilines is 1. The zero-order valence-corrected chi connectivity index (χ0v) is 22.9. The molecule has 4 atom stereocenters. The van der Waals surface area contributed by atoms with Crippen LogP contribution in [0.1, 0.15) is 72.1 Å². The molecule has 1 aliphatic carbocycles. The van der Waals surface area contributed by atoms with Crippen LogP contribution in [0, 0.1) is 11.7 Å². The molecule has 0 aromatic heterocycles. The summed E-state index contributed by atoms with van der Waals surface area (Å²) in [5.41, 5.74) is -1.42. The standard InChI is InChI=1S/C29H39FN4O5/c1-28(2,3)39-27(38)32-22-11-8-6-4-5-7-10-19-18-29(19,26(37)31-21-15-13-20(30)14-16-21)33-24(35)23-12-9-17-34(23)25(22)36/h7,10,13-16,19,22-23H,4-6,8-9,11-12,17-18H2,1-3H3,(H,31,37)(H,32,38)(H,33,35)/b10-7-. The first kappa shape index (κ1) is 28.6. The fraction of sp³-hybridized carbons (Fsp3) is 0.586. The van der Waals surface area contributed by atoms with Gasteiger partial charge in [0.2, 0.25) is 11.8 Å². The lowest BCUT2D eigenvalue weighted by molar-refractivity contribution is -0.141. The normalized spacial score (nSPS) is 28.6. The van der Waals surface area contributed by atoms with Crippen molar-refractivity contribution in [2.24, 2.45) is 5.92 Å². The lowest BCUT2D eigenvalue weighted by Gasteiger charge is -2.30. The van der Waals surface area contributed by atoms with Gasteiger partial charge in [-0.25, -0.2) is 9.18 Å². The molecule has 1 saturated heterocycles. The van der Waals surface area contributed by atoms with Crippen molar-refractivity contribution in [3.8, 4) is 0 Å². The Labute approximate surface area is 228 Å². The van der Waals surface area contributed by atoms with Crippen LogP contribution in [0.5, 0.6) is 0 Å². The van der Waals surface area contributed by atoms with Gasteiger partial charge in [-0.3, -0.25) is 14.4 Å². The Morgan fingerprint density at radius 3 is 2.54 bits per heavy atom. The van der Waals surface area contributed by atoms with Crippen LogP contribution in [0.15, 0.2) is 36.4 Å². The van der Waals surface area contributed by atoms with E-state index in [-0.39, 0.29) is 17.7 Å². The Bertz CT molecular complexity index is 1120. The van der Waals surface area contributed by atoms with Gasteiger partial charge in [0.05, 0.1) is 0 Å². The lowest BCUT2D eigenvalue weighted by Crippen LogP contribution is -2.57. The lowest BCUT2D eigenvalue weighted by atomic mass is 10.0. The second-order valence-electron chi connectivity index (χ2n) is 11.7. The molecule has 2 aliphatic heterocycles. The Morgan fingerprint density at radius 1 is 1.08 bits per heavy atom. The summed E-state index contributed by atoms with van der Waals surface area (Å²) >= 11 is 0. The average Bonchev–Trinajstić information content (AvgIpc) is 3.32. The molecule has 0 spiro atoms. The summed E-state index contributed by atoms with van der Waals surface area (Å²) in [4.78, 5) is 54.7. The molecule has 2 fully saturated rings. The summed E-state index contributed by atoms with van der Waals surface area (Å²) in [6.07, 6.45) is 8.63. The van der Waals surface area contributed by atoms with E-state index in [4.69, 9.17) is 4.74 Å². The van der Waals surface area contributed by atoms with Gasteiger partial charge in [0.15, 0.2) is 0 Å². The van der Waals surface area contributed by atoms with Crippen molar-refractivity contribution in [3.63, 3.8) is 0 Å². The van der Waals surface area contributed by atoms with Crippen molar-refractivity contribution >= 4 is 29.5 Å². The van der Waals surface area contributed by atoms with Gasteiger partial charge in [-0.1, -0.05) is 25.0 Å². The van der Waals surface area contributed by atoms with Crippen molar-refractivity contribution in [1.82, 2.24) is 15.5 Å². The van der Waals surface area contributed by atoms with Crippen LogP contribution < -0.4 is 16.0 Å². The smallest absolute Gasteiger partial charge is 0.408 e. The summed E-state index contributed by atoms with van der Waals surface area (Å²) in [5, 5.41) is 8.50. The molecule has 1 saturated carbocycles. The number of nitrogens with one attached hydrogen (secondary N) is 3. The molecule has 3 aliphatic rings. The second kappa shape index (κ2) is 11.8. The van der Waals surface area contributed by atoms with Crippen molar-refractivity contribution in [2.75, 3.05) is 11.9 Å². The maximum atomic E-state index is 13.6. The van der Waals surface area contributed by atoms with Gasteiger partial charge in [-0.2, -0.15) is 0 Å². The summed E-state index contributed by atoms with van der Waals surface area (Å²) in [6, 6.07) is 3.92. The molecule has 1 aromatic carbocycles. The number of ether oxygens (including phenoxy) is 1. The molecule has 1 aromatic rings. The van der Waals surface area contributed by atoms with Crippen molar-refractivity contribution in [1.29, 1.82) is 0 Å². The van der Waals surface area contributed by atoms with E-state index < -0.39 is 41.0 Å². The van der Waals surface area contributed by atoms with Gasteiger partial charge in [0.1, 0.15) is 29.0 Å². The van der Waals surface area contributed by atoms with Crippen molar-refractivity contribution < 1.29 is 28.3 Å². The molecule has 4 amide bonds. The van der Waals surface area contributed by atoms with Crippen LogP contribution in [0.3, 0.4) is 0 Å². The zero-order valence-electron chi connectivity index (χ0n) is 22.9. The fourth-order valence-electron chi connectivity index (χ4n) is 5.32. The molecule has 39 heavy (non-hydrogen) atoms. The van der Waals surface area contributed by atoms with Gasteiger partial charge < -0.3 is 25.6 Å². The van der Waals surface area contributed by atoms with E-state index in [9.17, 15) is 23.6 Å². The Hall–Kier alpha value is -3.43. The van der Waals surface area contributed by atoms with E-state index in [0.29, 0.717) is 37.9 Å². The maximum Gasteiger partial charge on any atom is 0.408 e. The number of hydrogen-bond donors (Lipinski definition) is 3. The van der Waals surface area contributed by atoms with Gasteiger partial charge in [-0.15, -0.1) is 0 Å². The van der Waals surface area contributed by atoms with Crippen LogP contribution in [0.2, 0.25) is 0 Å². The third-order valence-electron chi connectivity index (χ3n) is 7.43. The highest BCUT2D eigenvalue weighted by atomic mass is 19.1. The first-order valence-corrected chi connectivity index (χ1v) is 13.8. The highest BCUT2D eigenvalue weighted by Crippen LogP contribution is 2.46. The van der Waals surface area contributed by atoms with Crippen LogP contribution in [-0.2, 0) is 19.1 Å². The Morgan fingerprint density at radius 2 is 1.82 bits per heavy atom. The van der Waals surface area contributed by atoms with E-state index >= 15 is 0 Å². The van der Waals surface area contributed by atoms with E-state index in [0.717, 1.165) is 25.7 Å². The largest absolute Gasteiger partial charge is 0.444 e. The predicted molar refractivity (Wildman–Crippen MR) is 144 cm³/mol. The Kier molecular flexibility index (Phi) is 8.61. The quantitative estimate of drug-likeness (QED) is 0.499. The predicted octanol–water partition coefficient (Wildman–Crippen LogP) is 4.04. The number of benzene rings is 1. The van der Waals surface area contributed by atoms with Crippen molar-refractivity contribution in [3.05, 3.63) is 42.2 Å². The van der Waals surface area contributed by atoms with E-state index in [1.165, 1.54) is 29.2 Å². The number of fused-ring (bicyclic) bond motifs is 2. The number of nitrogens with zero attached hydrogens (tertiary/aromatic N) is 1. The molecule has 4 unspecified atom stereocenters. The first-order chi connectivity index (χ1) is 18.5. The molecule has 9 nitrogen and oxygen atoms in total. The topological polar surface area (TPSA) is 117 Å². The monoisotopic (exact) mass is 542 g/mol. The molecule has 212 valence electrons. The number of halogens is 1. The van der Waals surface area contributed by atoms with E-state index in [2.05, 4.69) is 16.0 Å². The van der Waals surface area contributed by atoms with E-state index in [1.807, 2.05) is 12.2 Å². The van der Waals surface area contributed by atoms with Gasteiger partial charge in [-0.05, 0) is 83.6 Å². The summed E-state index contributed by atoms with van der Waals surface area (Å²) in [7, 11) is 0. The van der Waals surface area contributed by atoms with E-state index in [1.54, 1.807) is 20.8 Å².